The van der Waals surface area contributed by atoms with Crippen molar-refractivity contribution in [1.82, 2.24) is 9.29 Å². The number of sulfonamides is 1. The maximum atomic E-state index is 14.6. The summed E-state index contributed by atoms with van der Waals surface area (Å²) in [5.74, 6) is -6.11. The minimum atomic E-state index is -5.19. The molecular weight excluding hydrogens is 545 g/mol. The molecule has 39 heavy (non-hydrogen) atoms. The number of alkyl halides is 3. The molecule has 1 aliphatic heterocycles. The van der Waals surface area contributed by atoms with Gasteiger partial charge in [0.25, 0.3) is 0 Å². The van der Waals surface area contributed by atoms with Crippen LogP contribution >= 0.6 is 0 Å². The molecule has 0 spiro atoms. The van der Waals surface area contributed by atoms with Crippen molar-refractivity contribution in [2.45, 2.75) is 18.6 Å². The molecule has 1 saturated heterocycles. The van der Waals surface area contributed by atoms with E-state index in [9.17, 15) is 35.5 Å². The van der Waals surface area contributed by atoms with Gasteiger partial charge in [-0.1, -0.05) is 30.3 Å². The van der Waals surface area contributed by atoms with Crippen molar-refractivity contribution in [2.24, 2.45) is 0 Å². The molecule has 5 rings (SSSR count). The fraction of sp³-hybridized carbons (Fsp3) is 0.269. The molecule has 0 aliphatic carbocycles. The predicted molar refractivity (Wildman–Crippen MR) is 134 cm³/mol. The Bertz CT molecular complexity index is 1640. The highest BCUT2D eigenvalue weighted by Gasteiger charge is 2.38. The Hall–Kier alpha value is -3.71. The van der Waals surface area contributed by atoms with E-state index >= 15 is 0 Å². The summed E-state index contributed by atoms with van der Waals surface area (Å²) in [6.45, 7) is 0.824. The summed E-state index contributed by atoms with van der Waals surface area (Å²) in [4.78, 5) is 6.04. The Balaban J connectivity index is 1.52. The lowest BCUT2D eigenvalue weighted by atomic mass is 10.0. The molecule has 1 atom stereocenters. The van der Waals surface area contributed by atoms with Crippen LogP contribution in [0.15, 0.2) is 59.0 Å². The van der Waals surface area contributed by atoms with Crippen LogP contribution < -0.4 is 4.90 Å². The Morgan fingerprint density at radius 1 is 1.05 bits per heavy atom. The van der Waals surface area contributed by atoms with Gasteiger partial charge in [-0.15, -0.1) is 0 Å². The Labute approximate surface area is 220 Å². The van der Waals surface area contributed by atoms with Crippen molar-refractivity contribution in [1.29, 1.82) is 0 Å². The van der Waals surface area contributed by atoms with Gasteiger partial charge in [-0.25, -0.2) is 22.2 Å². The molecule has 1 aromatic heterocycles. The Morgan fingerprint density at radius 2 is 1.77 bits per heavy atom. The standard InChI is InChI=1S/C26H22F5N3O4S/c1-39(36,37)33-9-10-34(17(14-33)11-15-5-3-2-4-6-15)16-7-8-20-21(12-16)38-25(32-20)18-13-19(26(29,30)31)23(28)24(35)22(18)27/h2-8,12-13,17,35H,9-11,14H2,1H3/t17-/m1/s1. The van der Waals surface area contributed by atoms with Gasteiger partial charge in [0, 0.05) is 37.4 Å². The molecule has 206 valence electrons. The van der Waals surface area contributed by atoms with Gasteiger partial charge < -0.3 is 14.4 Å². The lowest BCUT2D eigenvalue weighted by molar-refractivity contribution is -0.140. The van der Waals surface area contributed by atoms with Crippen molar-refractivity contribution in [3.05, 3.63) is 77.4 Å². The van der Waals surface area contributed by atoms with Crippen LogP contribution in [0, 0.1) is 11.6 Å². The number of benzene rings is 3. The van der Waals surface area contributed by atoms with Gasteiger partial charge in [0.1, 0.15) is 5.52 Å². The van der Waals surface area contributed by atoms with Gasteiger partial charge in [0.2, 0.25) is 15.9 Å². The second-order valence-electron chi connectivity index (χ2n) is 9.28. The maximum Gasteiger partial charge on any atom is 0.419 e. The van der Waals surface area contributed by atoms with E-state index in [2.05, 4.69) is 4.98 Å². The molecule has 0 bridgehead atoms. The zero-order chi connectivity index (χ0) is 28.1. The zero-order valence-electron chi connectivity index (χ0n) is 20.4. The number of hydrogen-bond donors (Lipinski definition) is 1. The highest BCUT2D eigenvalue weighted by atomic mass is 32.2. The molecule has 0 amide bonds. The average molecular weight is 568 g/mol. The van der Waals surface area contributed by atoms with E-state index in [0.29, 0.717) is 18.7 Å². The topological polar surface area (TPSA) is 86.9 Å². The number of oxazole rings is 1. The highest BCUT2D eigenvalue weighted by Crippen LogP contribution is 2.41. The van der Waals surface area contributed by atoms with Crippen molar-refractivity contribution in [3.63, 3.8) is 0 Å². The average Bonchev–Trinajstić information content (AvgIpc) is 3.30. The number of halogens is 5. The largest absolute Gasteiger partial charge is 0.503 e. The SMILES string of the molecule is CS(=O)(=O)N1CCN(c2ccc3nc(-c4cc(C(F)(F)F)c(F)c(O)c4F)oc3c2)[C@H](Cc2ccccc2)C1. The number of anilines is 1. The number of nitrogens with zero attached hydrogens (tertiary/aromatic N) is 3. The van der Waals surface area contributed by atoms with E-state index in [1.54, 1.807) is 12.1 Å². The van der Waals surface area contributed by atoms with Crippen LogP contribution in [-0.2, 0) is 22.6 Å². The lowest BCUT2D eigenvalue weighted by Gasteiger charge is -2.42. The summed E-state index contributed by atoms with van der Waals surface area (Å²) >= 11 is 0. The van der Waals surface area contributed by atoms with Crippen molar-refractivity contribution in [2.75, 3.05) is 30.8 Å². The van der Waals surface area contributed by atoms with E-state index in [1.807, 2.05) is 35.2 Å². The molecule has 13 heteroatoms. The first-order valence-corrected chi connectivity index (χ1v) is 13.6. The summed E-state index contributed by atoms with van der Waals surface area (Å²) in [6, 6.07) is 14.3. The van der Waals surface area contributed by atoms with Crippen LogP contribution in [0.3, 0.4) is 0 Å². The lowest BCUT2D eigenvalue weighted by Crippen LogP contribution is -2.55. The molecule has 7 nitrogen and oxygen atoms in total. The van der Waals surface area contributed by atoms with E-state index < -0.39 is 50.6 Å². The predicted octanol–water partition coefficient (Wildman–Crippen LogP) is 5.19. The fourth-order valence-electron chi connectivity index (χ4n) is 4.72. The number of piperazine rings is 1. The van der Waals surface area contributed by atoms with Crippen LogP contribution in [0.5, 0.6) is 5.75 Å². The maximum absolute atomic E-state index is 14.6. The first kappa shape index (κ1) is 26.9. The molecule has 1 fully saturated rings. The molecule has 0 radical (unpaired) electrons. The summed E-state index contributed by atoms with van der Waals surface area (Å²) in [7, 11) is -3.43. The summed E-state index contributed by atoms with van der Waals surface area (Å²) in [5, 5.41) is 9.64. The minimum absolute atomic E-state index is 0.114. The van der Waals surface area contributed by atoms with Crippen LogP contribution in [0.25, 0.3) is 22.6 Å². The third-order valence-corrected chi connectivity index (χ3v) is 7.92. The number of phenolic OH excluding ortho intramolecular Hbond substituents is 1. The minimum Gasteiger partial charge on any atom is -0.503 e. The first-order valence-electron chi connectivity index (χ1n) is 11.8. The van der Waals surface area contributed by atoms with Crippen LogP contribution in [-0.4, -0.2) is 54.7 Å². The highest BCUT2D eigenvalue weighted by molar-refractivity contribution is 7.88. The molecule has 1 N–H and O–H groups in total. The number of aromatic nitrogens is 1. The molecule has 0 saturated carbocycles. The molecule has 1 aliphatic rings. The number of rotatable bonds is 5. The number of fused-ring (bicyclic) bond motifs is 1. The normalized spacial score (nSPS) is 17.2. The van der Waals surface area contributed by atoms with E-state index in [1.165, 1.54) is 10.4 Å². The van der Waals surface area contributed by atoms with Gasteiger partial charge in [-0.05, 0) is 30.2 Å². The third-order valence-electron chi connectivity index (χ3n) is 6.65. The quantitative estimate of drug-likeness (QED) is 0.334. The molecule has 3 aromatic carbocycles. The molecule has 4 aromatic rings. The number of phenols is 1. The van der Waals surface area contributed by atoms with Gasteiger partial charge in [-0.2, -0.15) is 17.5 Å². The molecular formula is C26H22F5N3O4S. The molecule has 0 unspecified atom stereocenters. The van der Waals surface area contributed by atoms with Crippen LogP contribution in [0.1, 0.15) is 11.1 Å². The smallest absolute Gasteiger partial charge is 0.419 e. The second-order valence-corrected chi connectivity index (χ2v) is 11.3. The van der Waals surface area contributed by atoms with Gasteiger partial charge in [-0.3, -0.25) is 0 Å². The van der Waals surface area contributed by atoms with Crippen molar-refractivity contribution < 1.29 is 39.9 Å². The van der Waals surface area contributed by atoms with E-state index in [4.69, 9.17) is 4.42 Å². The number of hydrogen-bond acceptors (Lipinski definition) is 6. The Morgan fingerprint density at radius 3 is 2.44 bits per heavy atom. The number of aromatic hydroxyl groups is 1. The van der Waals surface area contributed by atoms with Crippen molar-refractivity contribution in [3.8, 4) is 17.2 Å². The monoisotopic (exact) mass is 567 g/mol. The summed E-state index contributed by atoms with van der Waals surface area (Å²) in [5.41, 5.74) is -0.756. The summed E-state index contributed by atoms with van der Waals surface area (Å²) < 4.78 is 99.7. The Kier molecular flexibility index (Phi) is 6.75. The molecule has 2 heterocycles. The van der Waals surface area contributed by atoms with Gasteiger partial charge >= 0.3 is 6.18 Å². The first-order chi connectivity index (χ1) is 18.3. The van der Waals surface area contributed by atoms with Gasteiger partial charge in [0.05, 0.1) is 17.4 Å². The second kappa shape index (κ2) is 9.79. The van der Waals surface area contributed by atoms with Crippen molar-refractivity contribution >= 4 is 26.8 Å². The van der Waals surface area contributed by atoms with E-state index in [0.717, 1.165) is 11.8 Å². The third kappa shape index (κ3) is 5.28. The van der Waals surface area contributed by atoms with E-state index in [-0.39, 0.29) is 36.3 Å². The van der Waals surface area contributed by atoms with Crippen LogP contribution in [0.4, 0.5) is 27.6 Å². The van der Waals surface area contributed by atoms with Crippen LogP contribution in [0.2, 0.25) is 0 Å². The zero-order valence-corrected chi connectivity index (χ0v) is 21.2. The fourth-order valence-corrected chi connectivity index (χ4v) is 5.58. The summed E-state index contributed by atoms with van der Waals surface area (Å²) in [6.07, 6.45) is -3.50. The van der Waals surface area contributed by atoms with Gasteiger partial charge in [0.15, 0.2) is 23.0 Å².